The van der Waals surface area contributed by atoms with Gasteiger partial charge in [0.05, 0.1) is 6.54 Å². The van der Waals surface area contributed by atoms with Gasteiger partial charge in [0.25, 0.3) is 0 Å². The molecule has 2 N–H and O–H groups in total. The fourth-order valence-electron chi connectivity index (χ4n) is 4.12. The molecule has 27 heavy (non-hydrogen) atoms. The van der Waals surface area contributed by atoms with Gasteiger partial charge >= 0.3 is 6.18 Å². The smallest absolute Gasteiger partial charge is 0.357 e. The Morgan fingerprint density at radius 3 is 2.37 bits per heavy atom. The first-order chi connectivity index (χ1) is 12.3. The summed E-state index contributed by atoms with van der Waals surface area (Å²) in [5.41, 5.74) is 0. The molecule has 160 valence electrons. The van der Waals surface area contributed by atoms with E-state index >= 15 is 0 Å². The molecule has 8 heteroatoms. The average molecular weight is 504 g/mol. The van der Waals surface area contributed by atoms with Crippen LogP contribution in [0.25, 0.3) is 0 Å². The Balaban J connectivity index is 0.00000364. The van der Waals surface area contributed by atoms with Crippen molar-refractivity contribution in [2.75, 3.05) is 32.7 Å². The molecule has 0 aromatic rings. The molecule has 1 heterocycles. The van der Waals surface area contributed by atoms with Crippen LogP contribution in [0.1, 0.15) is 52.9 Å². The van der Waals surface area contributed by atoms with Crippen molar-refractivity contribution in [2.45, 2.75) is 65.1 Å². The fraction of sp³-hybridized carbons (Fsp3) is 0.947. The van der Waals surface area contributed by atoms with Crippen molar-refractivity contribution in [3.63, 3.8) is 0 Å². The molecule has 2 aliphatic rings. The summed E-state index contributed by atoms with van der Waals surface area (Å²) >= 11 is 0. The number of rotatable bonds is 6. The Labute approximate surface area is 179 Å². The Morgan fingerprint density at radius 1 is 1.15 bits per heavy atom. The number of hydrogen-bond donors (Lipinski definition) is 2. The number of guanidine groups is 1. The van der Waals surface area contributed by atoms with Crippen molar-refractivity contribution >= 4 is 29.9 Å². The van der Waals surface area contributed by atoms with Crippen LogP contribution in [-0.4, -0.2) is 55.8 Å². The molecule has 4 nitrogen and oxygen atoms in total. The molecule has 0 amide bonds. The highest BCUT2D eigenvalue weighted by molar-refractivity contribution is 14.0. The van der Waals surface area contributed by atoms with Gasteiger partial charge < -0.3 is 10.6 Å². The molecule has 0 aromatic heterocycles. The summed E-state index contributed by atoms with van der Waals surface area (Å²) < 4.78 is 37.5. The molecule has 0 spiro atoms. The third kappa shape index (κ3) is 9.19. The summed E-state index contributed by atoms with van der Waals surface area (Å²) in [6.45, 7) is 8.22. The third-order valence-corrected chi connectivity index (χ3v) is 5.68. The predicted molar refractivity (Wildman–Crippen MR) is 116 cm³/mol. The van der Waals surface area contributed by atoms with Crippen LogP contribution in [0.3, 0.4) is 0 Å². The summed E-state index contributed by atoms with van der Waals surface area (Å²) in [6.07, 6.45) is 1.52. The SMILES string of the molecule is CCNC(=NCC1CCN(CC(F)(F)F)C1)NC1CCC(C(C)C)CC1.I. The molecule has 1 aliphatic carbocycles. The summed E-state index contributed by atoms with van der Waals surface area (Å²) in [6, 6.07) is 0.452. The number of alkyl halides is 3. The van der Waals surface area contributed by atoms with Gasteiger partial charge in [-0.15, -0.1) is 24.0 Å². The van der Waals surface area contributed by atoms with Crippen LogP contribution >= 0.6 is 24.0 Å². The largest absolute Gasteiger partial charge is 0.401 e. The van der Waals surface area contributed by atoms with Crippen LogP contribution in [0.2, 0.25) is 0 Å². The minimum Gasteiger partial charge on any atom is -0.357 e. The van der Waals surface area contributed by atoms with Crippen LogP contribution in [0.15, 0.2) is 4.99 Å². The van der Waals surface area contributed by atoms with Crippen molar-refractivity contribution in [1.29, 1.82) is 0 Å². The number of nitrogens with zero attached hydrogens (tertiary/aromatic N) is 2. The molecule has 1 saturated heterocycles. The highest BCUT2D eigenvalue weighted by Crippen LogP contribution is 2.29. The molecule has 2 fully saturated rings. The van der Waals surface area contributed by atoms with Crippen molar-refractivity contribution in [1.82, 2.24) is 15.5 Å². The average Bonchev–Trinajstić information content (AvgIpc) is 2.98. The van der Waals surface area contributed by atoms with Crippen molar-refractivity contribution in [2.24, 2.45) is 22.7 Å². The van der Waals surface area contributed by atoms with Gasteiger partial charge in [0.2, 0.25) is 0 Å². The first-order valence-electron chi connectivity index (χ1n) is 10.1. The van der Waals surface area contributed by atoms with E-state index in [4.69, 9.17) is 0 Å². The summed E-state index contributed by atoms with van der Waals surface area (Å²) in [4.78, 5) is 6.15. The van der Waals surface area contributed by atoms with Gasteiger partial charge in [-0.1, -0.05) is 13.8 Å². The predicted octanol–water partition coefficient (Wildman–Crippen LogP) is 4.26. The molecule has 0 radical (unpaired) electrons. The van der Waals surface area contributed by atoms with Crippen molar-refractivity contribution in [3.8, 4) is 0 Å². The van der Waals surface area contributed by atoms with Crippen LogP contribution in [0.4, 0.5) is 13.2 Å². The Hall–Kier alpha value is -0.250. The minimum absolute atomic E-state index is 0. The number of likely N-dealkylation sites (tertiary alicyclic amines) is 1. The van der Waals surface area contributed by atoms with Gasteiger partial charge in [-0.05, 0) is 63.3 Å². The lowest BCUT2D eigenvalue weighted by Gasteiger charge is -2.32. The van der Waals surface area contributed by atoms with E-state index in [1.165, 1.54) is 17.7 Å². The van der Waals surface area contributed by atoms with Gasteiger partial charge in [-0.25, -0.2) is 0 Å². The lowest BCUT2D eigenvalue weighted by atomic mass is 9.80. The first-order valence-corrected chi connectivity index (χ1v) is 10.1. The second-order valence-corrected chi connectivity index (χ2v) is 8.22. The minimum atomic E-state index is -4.11. The highest BCUT2D eigenvalue weighted by Gasteiger charge is 2.34. The highest BCUT2D eigenvalue weighted by atomic mass is 127. The zero-order chi connectivity index (χ0) is 19.2. The lowest BCUT2D eigenvalue weighted by Crippen LogP contribution is -2.45. The Bertz CT molecular complexity index is 449. The van der Waals surface area contributed by atoms with E-state index in [1.807, 2.05) is 6.92 Å². The van der Waals surface area contributed by atoms with Gasteiger partial charge in [-0.2, -0.15) is 13.2 Å². The third-order valence-electron chi connectivity index (χ3n) is 5.68. The molecule has 1 atom stereocenters. The zero-order valence-electron chi connectivity index (χ0n) is 16.8. The van der Waals surface area contributed by atoms with Gasteiger partial charge in [-0.3, -0.25) is 9.89 Å². The quantitative estimate of drug-likeness (QED) is 0.323. The van der Waals surface area contributed by atoms with E-state index in [9.17, 15) is 13.2 Å². The van der Waals surface area contributed by atoms with Crippen LogP contribution in [0.5, 0.6) is 0 Å². The summed E-state index contributed by atoms with van der Waals surface area (Å²) in [7, 11) is 0. The second-order valence-electron chi connectivity index (χ2n) is 8.22. The van der Waals surface area contributed by atoms with E-state index in [0.29, 0.717) is 25.7 Å². The zero-order valence-corrected chi connectivity index (χ0v) is 19.1. The van der Waals surface area contributed by atoms with Crippen molar-refractivity contribution < 1.29 is 13.2 Å². The lowest BCUT2D eigenvalue weighted by molar-refractivity contribution is -0.143. The normalized spacial score (nSPS) is 27.5. The maximum Gasteiger partial charge on any atom is 0.401 e. The van der Waals surface area contributed by atoms with Crippen LogP contribution in [-0.2, 0) is 0 Å². The molecule has 1 aliphatic heterocycles. The number of aliphatic imine (C=N–C) groups is 1. The van der Waals surface area contributed by atoms with Gasteiger partial charge in [0.15, 0.2) is 5.96 Å². The number of halogens is 4. The first kappa shape index (κ1) is 24.8. The molecule has 1 unspecified atom stereocenters. The van der Waals surface area contributed by atoms with E-state index in [1.54, 1.807) is 0 Å². The molecule has 0 aromatic carbocycles. The topological polar surface area (TPSA) is 39.7 Å². The van der Waals surface area contributed by atoms with Crippen LogP contribution < -0.4 is 10.6 Å². The Morgan fingerprint density at radius 2 is 1.81 bits per heavy atom. The maximum atomic E-state index is 12.5. The molecular formula is C19H36F3IN4. The number of nitrogens with one attached hydrogen (secondary N) is 2. The van der Waals surface area contributed by atoms with Crippen molar-refractivity contribution in [3.05, 3.63) is 0 Å². The molecular weight excluding hydrogens is 468 g/mol. The summed E-state index contributed by atoms with van der Waals surface area (Å²) in [5, 5.41) is 6.82. The van der Waals surface area contributed by atoms with E-state index < -0.39 is 12.7 Å². The second kappa shape index (κ2) is 11.7. The fourth-order valence-corrected chi connectivity index (χ4v) is 4.12. The van der Waals surface area contributed by atoms with Crippen LogP contribution in [0, 0.1) is 17.8 Å². The van der Waals surface area contributed by atoms with E-state index in [2.05, 4.69) is 29.5 Å². The standard InChI is InChI=1S/C19H35F3N4.HI/c1-4-23-18(25-17-7-5-16(6-8-17)14(2)3)24-11-15-9-10-26(12-15)13-19(20,21)22;/h14-17H,4-13H2,1-3H3,(H2,23,24,25);1H. The molecule has 0 bridgehead atoms. The maximum absolute atomic E-state index is 12.5. The molecule has 2 rings (SSSR count). The number of hydrogen-bond acceptors (Lipinski definition) is 2. The Kier molecular flexibility index (Phi) is 10.7. The van der Waals surface area contributed by atoms with Gasteiger partial charge in [0, 0.05) is 25.7 Å². The van der Waals surface area contributed by atoms with E-state index in [-0.39, 0.29) is 29.9 Å². The van der Waals surface area contributed by atoms with Gasteiger partial charge in [0.1, 0.15) is 0 Å². The molecule has 1 saturated carbocycles. The summed E-state index contributed by atoms with van der Waals surface area (Å²) in [5.74, 6) is 2.60. The monoisotopic (exact) mass is 504 g/mol. The van der Waals surface area contributed by atoms with E-state index in [0.717, 1.165) is 43.6 Å².